The van der Waals surface area contributed by atoms with Crippen LogP contribution in [-0.2, 0) is 0 Å². The molecule has 7 heteroatoms. The van der Waals surface area contributed by atoms with Crippen molar-refractivity contribution in [2.45, 2.75) is 0 Å². The summed E-state index contributed by atoms with van der Waals surface area (Å²) in [5.74, 6) is 0.177. The van der Waals surface area contributed by atoms with Crippen molar-refractivity contribution in [1.29, 1.82) is 0 Å². The molecule has 16 heavy (non-hydrogen) atoms. The van der Waals surface area contributed by atoms with Gasteiger partial charge in [0, 0.05) is 6.07 Å². The minimum Gasteiger partial charge on any atom is -0.382 e. The van der Waals surface area contributed by atoms with Gasteiger partial charge in [0.15, 0.2) is 0 Å². The summed E-state index contributed by atoms with van der Waals surface area (Å²) in [5, 5.41) is 14.9. The van der Waals surface area contributed by atoms with Crippen LogP contribution in [0.15, 0.2) is 30.5 Å². The summed E-state index contributed by atoms with van der Waals surface area (Å²) in [4.78, 5) is 10.3. The van der Waals surface area contributed by atoms with E-state index >= 15 is 0 Å². The molecule has 0 unspecified atom stereocenters. The van der Waals surface area contributed by atoms with Crippen LogP contribution >= 0.6 is 11.6 Å². The highest BCUT2D eigenvalue weighted by Gasteiger charge is 2.17. The van der Waals surface area contributed by atoms with Gasteiger partial charge in [-0.2, -0.15) is 5.10 Å². The fraction of sp³-hybridized carbons (Fsp3) is 0. The Morgan fingerprint density at radius 2 is 2.12 bits per heavy atom. The summed E-state index contributed by atoms with van der Waals surface area (Å²) < 4.78 is 1.24. The average Bonchev–Trinajstić information content (AvgIpc) is 2.60. The average molecular weight is 239 g/mol. The molecule has 6 nitrogen and oxygen atoms in total. The van der Waals surface area contributed by atoms with Crippen molar-refractivity contribution in [1.82, 2.24) is 9.78 Å². The molecule has 0 aliphatic heterocycles. The second kappa shape index (κ2) is 3.82. The highest BCUT2D eigenvalue weighted by atomic mass is 35.5. The van der Waals surface area contributed by atoms with Crippen LogP contribution in [0.5, 0.6) is 0 Å². The third-order valence-electron chi connectivity index (χ3n) is 2.07. The molecular weight excluding hydrogens is 232 g/mol. The molecule has 2 aromatic rings. The Hall–Kier alpha value is -2.08. The number of nitrogens with zero attached hydrogens (tertiary/aromatic N) is 3. The van der Waals surface area contributed by atoms with Crippen LogP contribution < -0.4 is 5.73 Å². The van der Waals surface area contributed by atoms with Crippen LogP contribution in [0.3, 0.4) is 0 Å². The Morgan fingerprint density at radius 3 is 2.69 bits per heavy atom. The Morgan fingerprint density at radius 1 is 1.44 bits per heavy atom. The van der Waals surface area contributed by atoms with Gasteiger partial charge in [-0.05, 0) is 6.07 Å². The van der Waals surface area contributed by atoms with Gasteiger partial charge in [0.1, 0.15) is 16.5 Å². The maximum Gasteiger partial charge on any atom is 0.294 e. The zero-order chi connectivity index (χ0) is 11.7. The fourth-order valence-corrected chi connectivity index (χ4v) is 1.45. The summed E-state index contributed by atoms with van der Waals surface area (Å²) in [6.07, 6.45) is 1.34. The zero-order valence-corrected chi connectivity index (χ0v) is 8.76. The van der Waals surface area contributed by atoms with E-state index in [0.29, 0.717) is 0 Å². The third-order valence-corrected chi connectivity index (χ3v) is 2.36. The predicted molar refractivity (Wildman–Crippen MR) is 59.6 cm³/mol. The monoisotopic (exact) mass is 238 g/mol. The molecule has 0 bridgehead atoms. The van der Waals surface area contributed by atoms with E-state index < -0.39 is 4.92 Å². The maximum absolute atomic E-state index is 10.8. The van der Waals surface area contributed by atoms with Gasteiger partial charge in [0.25, 0.3) is 5.69 Å². The van der Waals surface area contributed by atoms with E-state index in [1.807, 2.05) is 0 Å². The van der Waals surface area contributed by atoms with Crippen molar-refractivity contribution < 1.29 is 4.92 Å². The molecule has 0 amide bonds. The molecule has 0 aliphatic rings. The van der Waals surface area contributed by atoms with Gasteiger partial charge in [0.05, 0.1) is 11.1 Å². The molecular formula is C9H7ClN4O2. The molecule has 0 radical (unpaired) electrons. The zero-order valence-electron chi connectivity index (χ0n) is 8.00. The van der Waals surface area contributed by atoms with Crippen molar-refractivity contribution in [2.24, 2.45) is 0 Å². The van der Waals surface area contributed by atoms with Gasteiger partial charge < -0.3 is 5.73 Å². The molecule has 0 aliphatic carbocycles. The van der Waals surface area contributed by atoms with Crippen LogP contribution in [-0.4, -0.2) is 14.7 Å². The van der Waals surface area contributed by atoms with Crippen molar-refractivity contribution in [3.63, 3.8) is 0 Å². The normalized spacial score (nSPS) is 10.3. The first-order valence-electron chi connectivity index (χ1n) is 4.34. The van der Waals surface area contributed by atoms with E-state index in [2.05, 4.69) is 5.10 Å². The van der Waals surface area contributed by atoms with Crippen LogP contribution in [0.1, 0.15) is 0 Å². The lowest BCUT2D eigenvalue weighted by atomic mass is 10.3. The van der Waals surface area contributed by atoms with Crippen molar-refractivity contribution >= 4 is 23.1 Å². The molecule has 2 N–H and O–H groups in total. The SMILES string of the molecule is Nc1c(Cl)cnn1-c1ccccc1[N+](=O)[O-]. The number of anilines is 1. The number of nitrogens with two attached hydrogens (primary N) is 1. The molecule has 1 aromatic carbocycles. The molecule has 1 aromatic heterocycles. The van der Waals surface area contributed by atoms with Crippen LogP contribution in [0.2, 0.25) is 5.02 Å². The third kappa shape index (κ3) is 1.59. The molecule has 82 valence electrons. The number of benzene rings is 1. The van der Waals surface area contributed by atoms with E-state index in [9.17, 15) is 10.1 Å². The van der Waals surface area contributed by atoms with Gasteiger partial charge in [-0.1, -0.05) is 23.7 Å². The topological polar surface area (TPSA) is 87.0 Å². The first kappa shape index (κ1) is 10.4. The minimum absolute atomic E-state index is 0.0750. The number of nitrogen functional groups attached to an aromatic ring is 1. The number of nitro benzene ring substituents is 1. The number of para-hydroxylation sites is 2. The maximum atomic E-state index is 10.8. The van der Waals surface area contributed by atoms with Gasteiger partial charge in [-0.3, -0.25) is 10.1 Å². The van der Waals surface area contributed by atoms with Crippen LogP contribution in [0.25, 0.3) is 5.69 Å². The smallest absolute Gasteiger partial charge is 0.294 e. The molecule has 0 spiro atoms. The number of rotatable bonds is 2. The number of nitro groups is 1. The lowest BCUT2D eigenvalue weighted by Gasteiger charge is -2.04. The number of hydrogen-bond acceptors (Lipinski definition) is 4. The first-order valence-corrected chi connectivity index (χ1v) is 4.72. The lowest BCUT2D eigenvalue weighted by Crippen LogP contribution is -2.04. The van der Waals surface area contributed by atoms with Gasteiger partial charge in [-0.15, -0.1) is 0 Å². The van der Waals surface area contributed by atoms with Gasteiger partial charge in [0.2, 0.25) is 0 Å². The molecule has 2 rings (SSSR count). The second-order valence-electron chi connectivity index (χ2n) is 3.04. The summed E-state index contributed by atoms with van der Waals surface area (Å²) >= 11 is 5.73. The number of aromatic nitrogens is 2. The van der Waals surface area contributed by atoms with E-state index in [4.69, 9.17) is 17.3 Å². The lowest BCUT2D eigenvalue weighted by molar-refractivity contribution is -0.384. The number of halogens is 1. The van der Waals surface area contributed by atoms with Gasteiger partial charge in [-0.25, -0.2) is 4.68 Å². The standard InChI is InChI=1S/C9H7ClN4O2/c10-6-5-12-13(9(6)11)7-3-1-2-4-8(7)14(15)16/h1-5H,11H2. The number of hydrogen-bond donors (Lipinski definition) is 1. The molecule has 0 atom stereocenters. The van der Waals surface area contributed by atoms with Gasteiger partial charge >= 0.3 is 0 Å². The fourth-order valence-electron chi connectivity index (χ4n) is 1.33. The summed E-state index contributed by atoms with van der Waals surface area (Å²) in [6.45, 7) is 0. The Balaban J connectivity index is 2.64. The minimum atomic E-state index is -0.496. The molecule has 0 fully saturated rings. The van der Waals surface area contributed by atoms with E-state index in [-0.39, 0.29) is 22.2 Å². The highest BCUT2D eigenvalue weighted by Crippen LogP contribution is 2.27. The highest BCUT2D eigenvalue weighted by molar-refractivity contribution is 6.32. The quantitative estimate of drug-likeness (QED) is 0.640. The van der Waals surface area contributed by atoms with Crippen molar-refractivity contribution in [2.75, 3.05) is 5.73 Å². The predicted octanol–water partition coefficient (Wildman–Crippen LogP) is 2.02. The van der Waals surface area contributed by atoms with E-state index in [0.717, 1.165) is 0 Å². The van der Waals surface area contributed by atoms with E-state index in [1.165, 1.54) is 16.9 Å². The largest absolute Gasteiger partial charge is 0.382 e. The Bertz CT molecular complexity index is 552. The Kier molecular flexibility index (Phi) is 2.49. The second-order valence-corrected chi connectivity index (χ2v) is 3.44. The molecule has 0 saturated heterocycles. The summed E-state index contributed by atoms with van der Waals surface area (Å²) in [6, 6.07) is 6.17. The molecule has 1 heterocycles. The van der Waals surface area contributed by atoms with E-state index in [1.54, 1.807) is 18.2 Å². The van der Waals surface area contributed by atoms with Crippen LogP contribution in [0, 0.1) is 10.1 Å². The summed E-state index contributed by atoms with van der Waals surface area (Å²) in [7, 11) is 0. The molecule has 0 saturated carbocycles. The summed E-state index contributed by atoms with van der Waals surface area (Å²) in [5.41, 5.74) is 5.86. The van der Waals surface area contributed by atoms with Crippen molar-refractivity contribution in [3.05, 3.63) is 45.6 Å². The Labute approximate surface area is 95.4 Å². The van der Waals surface area contributed by atoms with Crippen molar-refractivity contribution in [3.8, 4) is 5.69 Å². The van der Waals surface area contributed by atoms with Crippen LogP contribution in [0.4, 0.5) is 11.5 Å². The first-order chi connectivity index (χ1) is 7.61.